The molecule has 35 heavy (non-hydrogen) atoms. The van der Waals surface area contributed by atoms with E-state index in [1.807, 2.05) is 18.2 Å². The monoisotopic (exact) mass is 482 g/mol. The highest BCUT2D eigenvalue weighted by atomic mass is 19.4. The number of halogens is 3. The van der Waals surface area contributed by atoms with Crippen LogP contribution in [0.5, 0.6) is 5.75 Å². The zero-order chi connectivity index (χ0) is 25.0. The van der Waals surface area contributed by atoms with E-state index in [1.54, 1.807) is 12.1 Å². The maximum Gasteiger partial charge on any atom is 0.416 e. The van der Waals surface area contributed by atoms with Gasteiger partial charge in [-0.25, -0.2) is 4.98 Å². The van der Waals surface area contributed by atoms with Crippen molar-refractivity contribution in [3.05, 3.63) is 81.7 Å². The molecule has 0 saturated heterocycles. The van der Waals surface area contributed by atoms with Crippen molar-refractivity contribution < 1.29 is 17.9 Å². The largest absolute Gasteiger partial charge is 0.495 e. The van der Waals surface area contributed by atoms with Crippen molar-refractivity contribution in [2.24, 2.45) is 0 Å². The molecule has 2 aromatic heterocycles. The van der Waals surface area contributed by atoms with Gasteiger partial charge in [-0.2, -0.15) is 23.6 Å². The van der Waals surface area contributed by atoms with Crippen LogP contribution in [0.15, 0.2) is 53.5 Å². The summed E-state index contributed by atoms with van der Waals surface area (Å²) in [5.41, 5.74) is -0.0580. The number of ether oxygens (including phenoxy) is 1. The number of hydrogen-bond acceptors (Lipinski definition) is 8. The predicted octanol–water partition coefficient (Wildman–Crippen LogP) is 3.17. The Kier molecular flexibility index (Phi) is 6.45. The van der Waals surface area contributed by atoms with Gasteiger partial charge in [0.15, 0.2) is 17.3 Å². The Morgan fingerprint density at radius 3 is 2.57 bits per heavy atom. The highest BCUT2D eigenvalue weighted by molar-refractivity contribution is 5.65. The molecule has 0 aliphatic rings. The van der Waals surface area contributed by atoms with E-state index in [4.69, 9.17) is 4.74 Å². The van der Waals surface area contributed by atoms with Gasteiger partial charge in [-0.05, 0) is 42.3 Å². The van der Waals surface area contributed by atoms with E-state index in [1.165, 1.54) is 17.9 Å². The normalized spacial score (nSPS) is 11.2. The summed E-state index contributed by atoms with van der Waals surface area (Å²) in [4.78, 5) is 17.1. The molecule has 0 saturated carbocycles. The van der Waals surface area contributed by atoms with Crippen LogP contribution in [0.4, 0.5) is 24.7 Å². The van der Waals surface area contributed by atoms with Crippen molar-refractivity contribution in [1.29, 1.82) is 5.26 Å². The molecule has 0 amide bonds. The maximum absolute atomic E-state index is 13.1. The first kappa shape index (κ1) is 23.4. The lowest BCUT2D eigenvalue weighted by Gasteiger charge is -2.15. The average Bonchev–Trinajstić information content (AvgIpc) is 3.37. The summed E-state index contributed by atoms with van der Waals surface area (Å²) in [5.74, 6) is 0.191. The quantitative estimate of drug-likeness (QED) is 0.410. The number of anilines is 2. The van der Waals surface area contributed by atoms with E-state index in [0.29, 0.717) is 24.4 Å². The second-order valence-electron chi connectivity index (χ2n) is 7.29. The van der Waals surface area contributed by atoms with Crippen LogP contribution in [0.2, 0.25) is 0 Å². The van der Waals surface area contributed by atoms with Gasteiger partial charge in [0.25, 0.3) is 5.56 Å². The van der Waals surface area contributed by atoms with Gasteiger partial charge in [-0.3, -0.25) is 9.36 Å². The predicted molar refractivity (Wildman–Crippen MR) is 117 cm³/mol. The Labute approximate surface area is 196 Å². The smallest absolute Gasteiger partial charge is 0.416 e. The van der Waals surface area contributed by atoms with Crippen LogP contribution in [0.25, 0.3) is 5.69 Å². The van der Waals surface area contributed by atoms with Crippen LogP contribution < -0.4 is 15.6 Å². The van der Waals surface area contributed by atoms with Crippen molar-refractivity contribution >= 4 is 11.5 Å². The standard InChI is InChI=1S/C22H17F3N8O2/c1-35-18-10-14(22(23,24)25)5-8-17(18)28-20-21(34)33(12-15(11-26)27-20)16-6-2-13(3-7-16)4-9-19-29-31-32-30-19/h2-3,5-8,10,12H,4,9H2,1H3,(H,27,28)(H,29,30,31,32). The number of benzene rings is 2. The molecule has 2 N–H and O–H groups in total. The number of methoxy groups -OCH3 is 1. The zero-order valence-corrected chi connectivity index (χ0v) is 18.2. The number of H-pyrrole nitrogens is 1. The maximum atomic E-state index is 13.1. The van der Waals surface area contributed by atoms with E-state index in [9.17, 15) is 23.2 Å². The molecule has 0 spiro atoms. The first-order valence-electron chi connectivity index (χ1n) is 10.2. The summed E-state index contributed by atoms with van der Waals surface area (Å²) in [6, 6.07) is 11.7. The van der Waals surface area contributed by atoms with E-state index in [2.05, 4.69) is 30.9 Å². The van der Waals surface area contributed by atoms with Gasteiger partial charge in [-0.15, -0.1) is 10.2 Å². The Morgan fingerprint density at radius 2 is 1.94 bits per heavy atom. The van der Waals surface area contributed by atoms with Crippen molar-refractivity contribution in [3.8, 4) is 17.5 Å². The van der Waals surface area contributed by atoms with E-state index >= 15 is 0 Å². The molecule has 4 aromatic rings. The van der Waals surface area contributed by atoms with Gasteiger partial charge >= 0.3 is 6.18 Å². The second-order valence-corrected chi connectivity index (χ2v) is 7.29. The number of hydrogen-bond donors (Lipinski definition) is 2. The molecule has 2 heterocycles. The fourth-order valence-corrected chi connectivity index (χ4v) is 3.29. The van der Waals surface area contributed by atoms with E-state index in [0.717, 1.165) is 23.8 Å². The highest BCUT2D eigenvalue weighted by Crippen LogP contribution is 2.35. The lowest BCUT2D eigenvalue weighted by Crippen LogP contribution is -2.23. The van der Waals surface area contributed by atoms with Crippen LogP contribution in [0.3, 0.4) is 0 Å². The van der Waals surface area contributed by atoms with Gasteiger partial charge < -0.3 is 10.1 Å². The number of nitriles is 1. The lowest BCUT2D eigenvalue weighted by atomic mass is 10.1. The molecule has 4 rings (SSSR count). The third kappa shape index (κ3) is 5.27. The molecule has 0 fully saturated rings. The fraction of sp³-hybridized carbons (Fsp3) is 0.182. The molecule has 0 radical (unpaired) electrons. The molecule has 10 nitrogen and oxygen atoms in total. The molecular weight excluding hydrogens is 465 g/mol. The Hall–Kier alpha value is -4.73. The molecular formula is C22H17F3N8O2. The van der Waals surface area contributed by atoms with Gasteiger partial charge in [-0.1, -0.05) is 17.3 Å². The number of tetrazole rings is 1. The molecule has 0 aliphatic heterocycles. The van der Waals surface area contributed by atoms with E-state index in [-0.39, 0.29) is 22.9 Å². The summed E-state index contributed by atoms with van der Waals surface area (Å²) in [7, 11) is 1.21. The summed E-state index contributed by atoms with van der Waals surface area (Å²) < 4.78 is 45.4. The SMILES string of the molecule is COc1cc(C(F)(F)F)ccc1Nc1nc(C#N)cn(-c2ccc(CCc3nn[nH]n3)cc2)c1=O. The van der Waals surface area contributed by atoms with Gasteiger partial charge in [0.05, 0.1) is 18.4 Å². The lowest BCUT2D eigenvalue weighted by molar-refractivity contribution is -0.137. The number of nitrogens with zero attached hydrogens (tertiary/aromatic N) is 6. The van der Waals surface area contributed by atoms with Crippen molar-refractivity contribution in [2.45, 2.75) is 19.0 Å². The zero-order valence-electron chi connectivity index (χ0n) is 18.2. The summed E-state index contributed by atoms with van der Waals surface area (Å²) in [6.45, 7) is 0. The molecule has 0 atom stereocenters. The summed E-state index contributed by atoms with van der Waals surface area (Å²) in [6.07, 6.45) is -2.05. The molecule has 178 valence electrons. The number of rotatable bonds is 7. The minimum absolute atomic E-state index is 0.0702. The van der Waals surface area contributed by atoms with E-state index < -0.39 is 17.3 Å². The van der Waals surface area contributed by atoms with Crippen molar-refractivity contribution in [3.63, 3.8) is 0 Å². The first-order valence-corrected chi connectivity index (χ1v) is 10.2. The third-order valence-electron chi connectivity index (χ3n) is 5.04. The average molecular weight is 482 g/mol. The molecule has 13 heteroatoms. The Bertz CT molecular complexity index is 1430. The fourth-order valence-electron chi connectivity index (χ4n) is 3.29. The second kappa shape index (κ2) is 9.64. The molecule has 0 bridgehead atoms. The number of nitrogens with one attached hydrogen (secondary N) is 2. The van der Waals surface area contributed by atoms with Gasteiger partial charge in [0.1, 0.15) is 11.8 Å². The minimum atomic E-state index is -4.56. The number of aromatic nitrogens is 6. The third-order valence-corrected chi connectivity index (χ3v) is 5.04. The van der Waals surface area contributed by atoms with Crippen molar-refractivity contribution in [1.82, 2.24) is 30.2 Å². The molecule has 0 unspecified atom stereocenters. The Balaban J connectivity index is 1.63. The van der Waals surface area contributed by atoms with Crippen LogP contribution >= 0.6 is 0 Å². The topological polar surface area (TPSA) is 134 Å². The Morgan fingerprint density at radius 1 is 1.17 bits per heavy atom. The minimum Gasteiger partial charge on any atom is -0.495 e. The van der Waals surface area contributed by atoms with Crippen LogP contribution in [0.1, 0.15) is 22.6 Å². The first-order chi connectivity index (χ1) is 16.8. The van der Waals surface area contributed by atoms with Crippen LogP contribution in [-0.2, 0) is 19.0 Å². The molecule has 2 aromatic carbocycles. The summed E-state index contributed by atoms with van der Waals surface area (Å²) in [5, 5.41) is 25.8. The number of aromatic amines is 1. The molecule has 0 aliphatic carbocycles. The van der Waals surface area contributed by atoms with Crippen LogP contribution in [0, 0.1) is 11.3 Å². The number of aryl methyl sites for hydroxylation is 2. The van der Waals surface area contributed by atoms with Crippen LogP contribution in [-0.4, -0.2) is 37.3 Å². The number of alkyl halides is 3. The van der Waals surface area contributed by atoms with Crippen molar-refractivity contribution in [2.75, 3.05) is 12.4 Å². The van der Waals surface area contributed by atoms with Gasteiger partial charge in [0.2, 0.25) is 0 Å². The highest BCUT2D eigenvalue weighted by Gasteiger charge is 2.31. The summed E-state index contributed by atoms with van der Waals surface area (Å²) >= 11 is 0. The van der Waals surface area contributed by atoms with Gasteiger partial charge in [0, 0.05) is 18.3 Å².